The number of hydrogen-bond donors (Lipinski definition) is 2. The van der Waals surface area contributed by atoms with E-state index in [2.05, 4.69) is 10.3 Å². The van der Waals surface area contributed by atoms with Gasteiger partial charge in [-0.3, -0.25) is 9.78 Å². The van der Waals surface area contributed by atoms with Crippen molar-refractivity contribution in [3.8, 4) is 0 Å². The highest BCUT2D eigenvalue weighted by Crippen LogP contribution is 2.45. The molecule has 1 aliphatic rings. The molecule has 1 saturated carbocycles. The third-order valence-electron chi connectivity index (χ3n) is 5.35. The Labute approximate surface area is 188 Å². The van der Waals surface area contributed by atoms with E-state index in [4.69, 9.17) is 23.2 Å². The number of alkyl halides is 5. The van der Waals surface area contributed by atoms with Crippen molar-refractivity contribution in [3.05, 3.63) is 63.1 Å². The van der Waals surface area contributed by atoms with E-state index in [0.717, 1.165) is 6.07 Å². The molecule has 0 bridgehead atoms. The molecule has 1 fully saturated rings. The van der Waals surface area contributed by atoms with Crippen LogP contribution in [0.4, 0.5) is 26.3 Å². The summed E-state index contributed by atoms with van der Waals surface area (Å²) < 4.78 is 81.4. The van der Waals surface area contributed by atoms with Crippen LogP contribution < -0.4 is 5.32 Å². The van der Waals surface area contributed by atoms with E-state index >= 15 is 0 Å². The molecule has 1 aromatic heterocycles. The highest BCUT2D eigenvalue weighted by Gasteiger charge is 2.48. The van der Waals surface area contributed by atoms with Gasteiger partial charge in [-0.05, 0) is 25.0 Å². The first-order valence-corrected chi connectivity index (χ1v) is 10.1. The normalized spacial score (nSPS) is 18.8. The maximum absolute atomic E-state index is 14.8. The summed E-state index contributed by atoms with van der Waals surface area (Å²) in [6.07, 6.45) is -6.70. The Kier molecular flexibility index (Phi) is 6.70. The van der Waals surface area contributed by atoms with Crippen LogP contribution in [0.3, 0.4) is 0 Å². The highest BCUT2D eigenvalue weighted by atomic mass is 35.5. The van der Waals surface area contributed by atoms with Gasteiger partial charge in [-0.1, -0.05) is 35.3 Å². The van der Waals surface area contributed by atoms with Crippen LogP contribution in [0.1, 0.15) is 53.3 Å². The van der Waals surface area contributed by atoms with Gasteiger partial charge in [0.15, 0.2) is 5.69 Å². The number of aliphatic hydroxyl groups is 1. The maximum atomic E-state index is 14.8. The van der Waals surface area contributed by atoms with E-state index in [1.165, 1.54) is 18.2 Å². The van der Waals surface area contributed by atoms with Crippen molar-refractivity contribution >= 4 is 29.1 Å². The molecule has 174 valence electrons. The van der Waals surface area contributed by atoms with E-state index in [1.807, 2.05) is 0 Å². The van der Waals surface area contributed by atoms with Crippen molar-refractivity contribution in [1.82, 2.24) is 10.3 Å². The molecule has 1 amide bonds. The number of carbonyl (C=O) groups is 1. The monoisotopic (exact) mass is 500 g/mol. The fourth-order valence-electron chi connectivity index (χ4n) is 3.61. The van der Waals surface area contributed by atoms with Crippen LogP contribution in [0.15, 0.2) is 30.5 Å². The second-order valence-electron chi connectivity index (χ2n) is 7.53. The predicted octanol–water partition coefficient (Wildman–Crippen LogP) is 5.96. The number of carbonyl (C=O) groups excluding carboxylic acids is 1. The van der Waals surface area contributed by atoms with Gasteiger partial charge in [0, 0.05) is 24.6 Å². The Balaban J connectivity index is 2.02. The summed E-state index contributed by atoms with van der Waals surface area (Å²) in [6.45, 7) is 0. The molecule has 12 heteroatoms. The van der Waals surface area contributed by atoms with Gasteiger partial charge in [-0.2, -0.15) is 13.2 Å². The van der Waals surface area contributed by atoms with E-state index in [-0.39, 0.29) is 10.6 Å². The number of hydrogen-bond acceptors (Lipinski definition) is 3. The van der Waals surface area contributed by atoms with Crippen molar-refractivity contribution in [2.45, 2.75) is 49.4 Å². The summed E-state index contributed by atoms with van der Waals surface area (Å²) in [5, 5.41) is 12.0. The molecule has 1 unspecified atom stereocenters. The SMILES string of the molecule is O=C(NC(c1cccc(Cl)c1F)C1(O)CCC(F)(F)CC1)c1ccnc(C(F)(F)F)c1Cl. The maximum Gasteiger partial charge on any atom is 0.434 e. The topological polar surface area (TPSA) is 62.2 Å². The average Bonchev–Trinajstić information content (AvgIpc) is 2.70. The zero-order valence-electron chi connectivity index (χ0n) is 16.1. The lowest BCUT2D eigenvalue weighted by Crippen LogP contribution is -2.50. The number of aromatic nitrogens is 1. The van der Waals surface area contributed by atoms with Crippen molar-refractivity contribution in [2.24, 2.45) is 0 Å². The molecule has 32 heavy (non-hydrogen) atoms. The third kappa shape index (κ3) is 4.97. The lowest BCUT2D eigenvalue weighted by atomic mass is 9.75. The summed E-state index contributed by atoms with van der Waals surface area (Å²) in [6, 6.07) is 3.03. The quantitative estimate of drug-likeness (QED) is 0.509. The summed E-state index contributed by atoms with van der Waals surface area (Å²) in [5.74, 6) is -5.25. The lowest BCUT2D eigenvalue weighted by Gasteiger charge is -2.42. The molecule has 1 aromatic carbocycles. The number of benzene rings is 1. The number of nitrogens with zero attached hydrogens (tertiary/aromatic N) is 1. The van der Waals surface area contributed by atoms with E-state index in [0.29, 0.717) is 6.20 Å². The Bertz CT molecular complexity index is 1020. The third-order valence-corrected chi connectivity index (χ3v) is 6.03. The minimum Gasteiger partial charge on any atom is -0.387 e. The largest absolute Gasteiger partial charge is 0.434 e. The smallest absolute Gasteiger partial charge is 0.387 e. The standard InChI is InChI=1S/C20H16Cl2F6N2O2/c21-12-3-1-2-11(14(12)23)15(18(32)5-7-19(24,25)8-6-18)30-17(31)10-4-9-29-16(13(10)22)20(26,27)28/h1-4,9,15,32H,5-8H2,(H,30,31). The van der Waals surface area contributed by atoms with Crippen LogP contribution in [0.2, 0.25) is 10.0 Å². The lowest BCUT2D eigenvalue weighted by molar-refractivity contribution is -0.141. The molecule has 0 spiro atoms. The van der Waals surface area contributed by atoms with Gasteiger partial charge in [-0.15, -0.1) is 0 Å². The first kappa shape index (κ1) is 24.6. The molecular weight excluding hydrogens is 485 g/mol. The molecule has 1 atom stereocenters. The number of nitrogens with one attached hydrogen (secondary N) is 1. The van der Waals surface area contributed by atoms with Gasteiger partial charge in [0.25, 0.3) is 5.91 Å². The van der Waals surface area contributed by atoms with E-state index in [9.17, 15) is 36.2 Å². The van der Waals surface area contributed by atoms with Crippen LogP contribution in [0.25, 0.3) is 0 Å². The molecule has 2 aromatic rings. The first-order chi connectivity index (χ1) is 14.8. The Morgan fingerprint density at radius 1 is 1.12 bits per heavy atom. The van der Waals surface area contributed by atoms with Crippen LogP contribution in [-0.2, 0) is 6.18 Å². The molecule has 0 saturated heterocycles. The van der Waals surface area contributed by atoms with Crippen LogP contribution in [0.5, 0.6) is 0 Å². The van der Waals surface area contributed by atoms with Crippen LogP contribution >= 0.6 is 23.2 Å². The van der Waals surface area contributed by atoms with Crippen LogP contribution in [-0.4, -0.2) is 27.5 Å². The Morgan fingerprint density at radius 2 is 1.75 bits per heavy atom. The minimum atomic E-state index is -4.95. The van der Waals surface area contributed by atoms with Gasteiger partial charge in [0.1, 0.15) is 5.82 Å². The second kappa shape index (κ2) is 8.72. The molecule has 3 rings (SSSR count). The van der Waals surface area contributed by atoms with Crippen LogP contribution in [0, 0.1) is 5.82 Å². The van der Waals surface area contributed by atoms with Gasteiger partial charge >= 0.3 is 6.18 Å². The first-order valence-electron chi connectivity index (χ1n) is 9.32. The Morgan fingerprint density at radius 3 is 2.34 bits per heavy atom. The fourth-order valence-corrected chi connectivity index (χ4v) is 4.09. The molecular formula is C20H16Cl2F6N2O2. The summed E-state index contributed by atoms with van der Waals surface area (Å²) >= 11 is 11.5. The van der Waals surface area contributed by atoms with Gasteiger partial charge < -0.3 is 10.4 Å². The van der Waals surface area contributed by atoms with Gasteiger partial charge in [-0.25, -0.2) is 13.2 Å². The number of amides is 1. The molecule has 0 radical (unpaired) electrons. The molecule has 1 heterocycles. The minimum absolute atomic E-state index is 0.306. The van der Waals surface area contributed by atoms with E-state index < -0.39 is 77.4 Å². The Hall–Kier alpha value is -2.04. The summed E-state index contributed by atoms with van der Waals surface area (Å²) in [5.41, 5.74) is -4.46. The summed E-state index contributed by atoms with van der Waals surface area (Å²) in [4.78, 5) is 16.0. The van der Waals surface area contributed by atoms with Crippen molar-refractivity contribution in [1.29, 1.82) is 0 Å². The molecule has 2 N–H and O–H groups in total. The van der Waals surface area contributed by atoms with Crippen molar-refractivity contribution in [2.75, 3.05) is 0 Å². The molecule has 0 aliphatic heterocycles. The number of pyridine rings is 1. The van der Waals surface area contributed by atoms with Crippen molar-refractivity contribution < 1.29 is 36.2 Å². The zero-order chi connectivity index (χ0) is 23.9. The predicted molar refractivity (Wildman–Crippen MR) is 104 cm³/mol. The fraction of sp³-hybridized carbons (Fsp3) is 0.400. The highest BCUT2D eigenvalue weighted by molar-refractivity contribution is 6.34. The van der Waals surface area contributed by atoms with E-state index in [1.54, 1.807) is 0 Å². The average molecular weight is 501 g/mol. The molecule has 4 nitrogen and oxygen atoms in total. The van der Waals surface area contributed by atoms with Gasteiger partial charge in [0.05, 0.1) is 27.3 Å². The van der Waals surface area contributed by atoms with Gasteiger partial charge in [0.2, 0.25) is 5.92 Å². The molecule has 1 aliphatic carbocycles. The zero-order valence-corrected chi connectivity index (χ0v) is 17.6. The number of rotatable bonds is 4. The van der Waals surface area contributed by atoms with Crippen molar-refractivity contribution in [3.63, 3.8) is 0 Å². The second-order valence-corrected chi connectivity index (χ2v) is 8.31. The summed E-state index contributed by atoms with van der Waals surface area (Å²) in [7, 11) is 0. The number of halogens is 8.